The summed E-state index contributed by atoms with van der Waals surface area (Å²) >= 11 is 0. The van der Waals surface area contributed by atoms with Gasteiger partial charge in [0.05, 0.1) is 19.2 Å². The zero-order valence-electron chi connectivity index (χ0n) is 27.9. The van der Waals surface area contributed by atoms with Crippen molar-refractivity contribution >= 4 is 33.3 Å². The summed E-state index contributed by atoms with van der Waals surface area (Å²) in [5.74, 6) is -0.533. The van der Waals surface area contributed by atoms with E-state index in [4.69, 9.17) is 20.2 Å². The fraction of sp³-hybridized carbons (Fsp3) is 0.405. The number of ether oxygens (including phenoxy) is 2. The molecule has 3 aromatic heterocycles. The number of benzene rings is 2. The van der Waals surface area contributed by atoms with Crippen LogP contribution in [0.5, 0.6) is 17.6 Å². The molecule has 1 saturated heterocycles. The maximum absolute atomic E-state index is 17.2. The Hall–Kier alpha value is -4.91. The highest BCUT2D eigenvalue weighted by Crippen LogP contribution is 2.48. The molecule has 2 aromatic carbocycles. The molecule has 8 rings (SSSR count). The average molecular weight is 686 g/mol. The standard InChI is InChI=1S/C37H38F3N7O3/c1-3-24-27(39)7-6-21-15-23(48)16-26(28(21)24)31-30(40)32-29-34(45-36(44-32)50-19-37(9-10-37)18-46-12-8-22(38)17-46)47(13-14-49-35(29)43-31)20(2)25-5-4-11-42-33(25)41/h4-7,11,15-16,20,22,48H,3,8-10,12-14,17-19H2,1-2H3,(H2,41,42)/t20?,22-/m1/s1. The number of aromatic hydroxyl groups is 1. The number of aryl methyl sites for hydroxylation is 1. The zero-order valence-corrected chi connectivity index (χ0v) is 27.9. The first-order valence-corrected chi connectivity index (χ1v) is 17.1. The molecule has 1 unspecified atom stereocenters. The third-order valence-corrected chi connectivity index (χ3v) is 10.3. The molecule has 2 aliphatic heterocycles. The molecule has 0 radical (unpaired) electrons. The van der Waals surface area contributed by atoms with Gasteiger partial charge in [-0.1, -0.05) is 19.1 Å². The van der Waals surface area contributed by atoms with Gasteiger partial charge in [0, 0.05) is 42.4 Å². The van der Waals surface area contributed by atoms with Crippen LogP contribution in [0.15, 0.2) is 42.6 Å². The maximum Gasteiger partial charge on any atom is 0.319 e. The number of rotatable bonds is 9. The Morgan fingerprint density at radius 2 is 1.96 bits per heavy atom. The Morgan fingerprint density at radius 3 is 2.70 bits per heavy atom. The Bertz CT molecular complexity index is 2130. The van der Waals surface area contributed by atoms with E-state index in [1.807, 2.05) is 24.8 Å². The summed E-state index contributed by atoms with van der Waals surface area (Å²) < 4.78 is 58.7. The van der Waals surface area contributed by atoms with Gasteiger partial charge in [-0.2, -0.15) is 9.97 Å². The highest BCUT2D eigenvalue weighted by molar-refractivity contribution is 6.03. The molecule has 50 heavy (non-hydrogen) atoms. The molecular formula is C37H38F3N7O3. The third kappa shape index (κ3) is 5.66. The lowest BCUT2D eigenvalue weighted by Crippen LogP contribution is -2.33. The first kappa shape index (κ1) is 32.3. The van der Waals surface area contributed by atoms with Gasteiger partial charge in [0.15, 0.2) is 5.82 Å². The summed E-state index contributed by atoms with van der Waals surface area (Å²) in [4.78, 5) is 22.5. The smallest absolute Gasteiger partial charge is 0.319 e. The van der Waals surface area contributed by atoms with Crippen LogP contribution in [0, 0.1) is 17.0 Å². The summed E-state index contributed by atoms with van der Waals surface area (Å²) in [6.07, 6.45) is 3.51. The average Bonchev–Trinajstić information content (AvgIpc) is 3.79. The Balaban J connectivity index is 1.29. The van der Waals surface area contributed by atoms with E-state index in [9.17, 15) is 9.50 Å². The van der Waals surface area contributed by atoms with Crippen molar-refractivity contribution in [3.8, 4) is 28.9 Å². The minimum Gasteiger partial charge on any atom is -0.508 e. The number of hydrogen-bond donors (Lipinski definition) is 2. The van der Waals surface area contributed by atoms with E-state index in [-0.39, 0.29) is 64.5 Å². The van der Waals surface area contributed by atoms with Crippen LogP contribution in [0.3, 0.4) is 0 Å². The number of hydrogen-bond acceptors (Lipinski definition) is 10. The molecule has 5 heterocycles. The van der Waals surface area contributed by atoms with Gasteiger partial charge < -0.3 is 25.2 Å². The van der Waals surface area contributed by atoms with Crippen molar-refractivity contribution in [3.05, 3.63) is 65.4 Å². The molecule has 0 amide bonds. The number of anilines is 2. The van der Waals surface area contributed by atoms with Gasteiger partial charge in [0.1, 0.15) is 52.6 Å². The van der Waals surface area contributed by atoms with Gasteiger partial charge in [-0.3, -0.25) is 4.90 Å². The summed E-state index contributed by atoms with van der Waals surface area (Å²) in [7, 11) is 0. The van der Waals surface area contributed by atoms with Crippen LogP contribution in [0.2, 0.25) is 0 Å². The predicted octanol–water partition coefficient (Wildman–Crippen LogP) is 6.53. The zero-order chi connectivity index (χ0) is 34.7. The second-order valence-electron chi connectivity index (χ2n) is 13.7. The predicted molar refractivity (Wildman–Crippen MR) is 184 cm³/mol. The molecule has 0 spiro atoms. The van der Waals surface area contributed by atoms with Gasteiger partial charge in [0.25, 0.3) is 0 Å². The molecule has 10 nitrogen and oxygen atoms in total. The minimum absolute atomic E-state index is 0.0233. The number of nitrogens with zero attached hydrogens (tertiary/aromatic N) is 6. The quantitative estimate of drug-likeness (QED) is 0.177. The highest BCUT2D eigenvalue weighted by Gasteiger charge is 2.46. The van der Waals surface area contributed by atoms with Crippen molar-refractivity contribution in [2.75, 3.05) is 50.0 Å². The summed E-state index contributed by atoms with van der Waals surface area (Å²) in [6, 6.07) is 9.10. The number of pyridine rings is 2. The van der Waals surface area contributed by atoms with E-state index in [0.29, 0.717) is 67.0 Å². The number of nitrogen functional groups attached to an aromatic ring is 1. The number of aromatic nitrogens is 4. The SMILES string of the molecule is CCc1c(F)ccc2cc(O)cc(-c3nc4c5c(nc(OCC6(CN7CC[C@@H](F)C7)CC6)nc5c3F)N(C(C)c3cccnc3N)CCO4)c12. The molecule has 13 heteroatoms. The second-order valence-corrected chi connectivity index (χ2v) is 13.7. The molecule has 5 aromatic rings. The summed E-state index contributed by atoms with van der Waals surface area (Å²) in [5, 5.41) is 11.9. The van der Waals surface area contributed by atoms with Crippen LogP contribution in [-0.2, 0) is 6.42 Å². The number of phenols is 1. The molecule has 1 aliphatic carbocycles. The van der Waals surface area contributed by atoms with Crippen LogP contribution < -0.4 is 20.1 Å². The first-order chi connectivity index (χ1) is 24.1. The lowest BCUT2D eigenvalue weighted by molar-refractivity contribution is 0.165. The Kier molecular flexibility index (Phi) is 8.04. The molecule has 260 valence electrons. The van der Waals surface area contributed by atoms with E-state index in [1.54, 1.807) is 18.3 Å². The molecule has 3 aliphatic rings. The normalized spacial score (nSPS) is 19.1. The van der Waals surface area contributed by atoms with Gasteiger partial charge in [-0.15, -0.1) is 0 Å². The second kappa shape index (κ2) is 12.4. The van der Waals surface area contributed by atoms with Crippen molar-refractivity contribution in [1.82, 2.24) is 24.8 Å². The molecule has 2 atom stereocenters. The van der Waals surface area contributed by atoms with Gasteiger partial charge in [-0.25, -0.2) is 23.1 Å². The van der Waals surface area contributed by atoms with Crippen molar-refractivity contribution < 1.29 is 27.8 Å². The van der Waals surface area contributed by atoms with E-state index >= 15 is 8.78 Å². The van der Waals surface area contributed by atoms with Crippen molar-refractivity contribution in [2.45, 2.75) is 51.7 Å². The summed E-state index contributed by atoms with van der Waals surface area (Å²) in [6.45, 7) is 6.41. The van der Waals surface area contributed by atoms with Gasteiger partial charge in [-0.05, 0) is 73.2 Å². The number of likely N-dealkylation sites (tertiary alicyclic amines) is 1. The number of nitrogens with two attached hydrogens (primary N) is 1. The van der Waals surface area contributed by atoms with Crippen molar-refractivity contribution in [1.29, 1.82) is 0 Å². The van der Waals surface area contributed by atoms with E-state index < -0.39 is 17.8 Å². The number of fused-ring (bicyclic) bond motifs is 1. The fourth-order valence-electron chi connectivity index (χ4n) is 7.51. The Morgan fingerprint density at radius 1 is 1.12 bits per heavy atom. The summed E-state index contributed by atoms with van der Waals surface area (Å²) in [5.41, 5.74) is 7.25. The van der Waals surface area contributed by atoms with E-state index in [1.165, 1.54) is 18.2 Å². The lowest BCUT2D eigenvalue weighted by Gasteiger charge is -2.30. The lowest BCUT2D eigenvalue weighted by atomic mass is 9.94. The highest BCUT2D eigenvalue weighted by atomic mass is 19.1. The minimum atomic E-state index is -0.815. The molecule has 1 saturated carbocycles. The van der Waals surface area contributed by atoms with Crippen LogP contribution in [0.25, 0.3) is 32.9 Å². The molecule has 2 fully saturated rings. The van der Waals surface area contributed by atoms with E-state index in [0.717, 1.165) is 18.4 Å². The Labute approximate surface area is 287 Å². The van der Waals surface area contributed by atoms with E-state index in [2.05, 4.69) is 19.9 Å². The molecular weight excluding hydrogens is 647 g/mol. The molecule has 0 bridgehead atoms. The van der Waals surface area contributed by atoms with Crippen LogP contribution >= 0.6 is 0 Å². The van der Waals surface area contributed by atoms with Gasteiger partial charge >= 0.3 is 6.01 Å². The van der Waals surface area contributed by atoms with Crippen LogP contribution in [0.4, 0.5) is 24.8 Å². The van der Waals surface area contributed by atoms with Crippen molar-refractivity contribution in [2.24, 2.45) is 5.41 Å². The monoisotopic (exact) mass is 685 g/mol. The fourth-order valence-corrected chi connectivity index (χ4v) is 7.51. The number of halogens is 3. The van der Waals surface area contributed by atoms with Crippen LogP contribution in [0.1, 0.15) is 50.3 Å². The third-order valence-electron chi connectivity index (χ3n) is 10.3. The largest absolute Gasteiger partial charge is 0.508 e. The number of alkyl halides is 1. The maximum atomic E-state index is 17.2. The number of phenolic OH excluding ortho intramolecular Hbond substituents is 1. The van der Waals surface area contributed by atoms with Gasteiger partial charge in [0.2, 0.25) is 5.88 Å². The first-order valence-electron chi connectivity index (χ1n) is 17.1. The molecule has 3 N–H and O–H groups in total. The van der Waals surface area contributed by atoms with Crippen LogP contribution in [-0.4, -0.2) is 75.5 Å². The van der Waals surface area contributed by atoms with Crippen molar-refractivity contribution in [3.63, 3.8) is 0 Å². The topological polar surface area (TPSA) is 123 Å².